The Morgan fingerprint density at radius 1 is 0.967 bits per heavy atom. The van der Waals surface area contributed by atoms with Crippen LogP contribution in [0, 0.1) is 0 Å². The third-order valence-corrected chi connectivity index (χ3v) is 4.84. The van der Waals surface area contributed by atoms with Crippen LogP contribution in [0.4, 0.5) is 0 Å². The van der Waals surface area contributed by atoms with Crippen molar-refractivity contribution < 1.29 is 14.3 Å². The molecule has 1 aromatic heterocycles. The molecule has 1 N–H and O–H groups in total. The molecule has 4 rings (SSSR count). The summed E-state index contributed by atoms with van der Waals surface area (Å²) in [6.45, 7) is 0. The molecule has 0 atom stereocenters. The maximum atomic E-state index is 12.8. The van der Waals surface area contributed by atoms with Gasteiger partial charge in [-0.3, -0.25) is 4.79 Å². The standard InChI is InChI=1S/C24H21N3O3/c1-29-18-11-9-17-10-12-23(30-2)21(20(17)15-18)16-25-26-24(28)19-7-3-4-8-22(19)27-13-5-6-14-27/h3-16H,1-2H3,(H,26,28)/b25-16-. The number of methoxy groups -OCH3 is 2. The molecule has 0 aliphatic heterocycles. The molecular formula is C24H21N3O3. The van der Waals surface area contributed by atoms with Crippen molar-refractivity contribution in [3.05, 3.63) is 90.3 Å². The van der Waals surface area contributed by atoms with Crippen LogP contribution in [0.1, 0.15) is 15.9 Å². The number of aromatic nitrogens is 1. The third-order valence-electron chi connectivity index (χ3n) is 4.84. The number of carbonyl (C=O) groups excluding carboxylic acids is 1. The number of ether oxygens (including phenoxy) is 2. The molecule has 0 radical (unpaired) electrons. The number of nitrogens with zero attached hydrogens (tertiary/aromatic N) is 2. The van der Waals surface area contributed by atoms with E-state index in [1.165, 1.54) is 0 Å². The molecule has 1 amide bonds. The molecule has 0 aliphatic carbocycles. The molecule has 4 aromatic rings. The van der Waals surface area contributed by atoms with Crippen molar-refractivity contribution >= 4 is 22.9 Å². The second kappa shape index (κ2) is 8.53. The zero-order chi connectivity index (χ0) is 20.9. The molecule has 0 aliphatic rings. The Bertz CT molecular complexity index is 1210. The highest BCUT2D eigenvalue weighted by molar-refractivity contribution is 6.04. The summed E-state index contributed by atoms with van der Waals surface area (Å²) in [4.78, 5) is 12.8. The number of carbonyl (C=O) groups is 1. The smallest absolute Gasteiger partial charge is 0.273 e. The Labute approximate surface area is 174 Å². The first-order chi connectivity index (χ1) is 14.7. The SMILES string of the molecule is COc1ccc2ccc(OC)c(/C=N\NC(=O)c3ccccc3-n3cccc3)c2c1. The summed E-state index contributed by atoms with van der Waals surface area (Å²) in [6, 6.07) is 20.8. The van der Waals surface area contributed by atoms with E-state index in [4.69, 9.17) is 9.47 Å². The summed E-state index contributed by atoms with van der Waals surface area (Å²) in [5, 5.41) is 6.13. The molecule has 0 fully saturated rings. The van der Waals surface area contributed by atoms with Crippen LogP contribution in [0.2, 0.25) is 0 Å². The van der Waals surface area contributed by atoms with Crippen molar-refractivity contribution in [3.8, 4) is 17.2 Å². The van der Waals surface area contributed by atoms with E-state index in [1.807, 2.05) is 77.6 Å². The Morgan fingerprint density at radius 2 is 1.73 bits per heavy atom. The van der Waals surface area contributed by atoms with Crippen LogP contribution < -0.4 is 14.9 Å². The van der Waals surface area contributed by atoms with Gasteiger partial charge in [0, 0.05) is 18.0 Å². The zero-order valence-corrected chi connectivity index (χ0v) is 16.7. The molecule has 0 saturated heterocycles. The van der Waals surface area contributed by atoms with Gasteiger partial charge in [-0.25, -0.2) is 5.43 Å². The van der Waals surface area contributed by atoms with E-state index < -0.39 is 0 Å². The van der Waals surface area contributed by atoms with Crippen LogP contribution in [0.3, 0.4) is 0 Å². The molecule has 150 valence electrons. The van der Waals surface area contributed by atoms with Crippen molar-refractivity contribution in [2.45, 2.75) is 0 Å². The Balaban J connectivity index is 1.64. The highest BCUT2D eigenvalue weighted by Gasteiger charge is 2.12. The van der Waals surface area contributed by atoms with Crippen LogP contribution in [-0.2, 0) is 0 Å². The fourth-order valence-electron chi connectivity index (χ4n) is 3.34. The number of nitrogens with one attached hydrogen (secondary N) is 1. The first-order valence-corrected chi connectivity index (χ1v) is 9.42. The van der Waals surface area contributed by atoms with Gasteiger partial charge in [0.05, 0.1) is 31.7 Å². The molecule has 0 saturated carbocycles. The van der Waals surface area contributed by atoms with Crippen LogP contribution in [0.15, 0.2) is 84.2 Å². The van der Waals surface area contributed by atoms with Gasteiger partial charge in [-0.15, -0.1) is 0 Å². The van der Waals surface area contributed by atoms with Gasteiger partial charge < -0.3 is 14.0 Å². The van der Waals surface area contributed by atoms with E-state index >= 15 is 0 Å². The van der Waals surface area contributed by atoms with Gasteiger partial charge in [-0.1, -0.05) is 24.3 Å². The Kier molecular flexibility index (Phi) is 5.48. The average Bonchev–Trinajstić information content (AvgIpc) is 3.33. The summed E-state index contributed by atoms with van der Waals surface area (Å²) in [7, 11) is 3.22. The number of para-hydroxylation sites is 1. The molecule has 30 heavy (non-hydrogen) atoms. The summed E-state index contributed by atoms with van der Waals surface area (Å²) >= 11 is 0. The van der Waals surface area contributed by atoms with Crippen molar-refractivity contribution in [1.29, 1.82) is 0 Å². The molecular weight excluding hydrogens is 378 g/mol. The molecule has 6 nitrogen and oxygen atoms in total. The van der Waals surface area contributed by atoms with Gasteiger partial charge in [0.25, 0.3) is 5.91 Å². The van der Waals surface area contributed by atoms with Crippen LogP contribution in [-0.4, -0.2) is 30.9 Å². The number of rotatable bonds is 6. The van der Waals surface area contributed by atoms with Crippen molar-refractivity contribution in [2.75, 3.05) is 14.2 Å². The van der Waals surface area contributed by atoms with Crippen molar-refractivity contribution in [2.24, 2.45) is 5.10 Å². The number of hydrazone groups is 1. The van der Waals surface area contributed by atoms with E-state index in [-0.39, 0.29) is 5.91 Å². The monoisotopic (exact) mass is 399 g/mol. The average molecular weight is 399 g/mol. The second-order valence-electron chi connectivity index (χ2n) is 6.58. The highest BCUT2D eigenvalue weighted by atomic mass is 16.5. The topological polar surface area (TPSA) is 64.8 Å². The first kappa shape index (κ1) is 19.3. The lowest BCUT2D eigenvalue weighted by Gasteiger charge is -2.11. The number of hydrogen-bond acceptors (Lipinski definition) is 4. The Hall–Kier alpha value is -4.06. The fourth-order valence-corrected chi connectivity index (χ4v) is 3.34. The quantitative estimate of drug-likeness (QED) is 0.386. The van der Waals surface area contributed by atoms with E-state index in [9.17, 15) is 4.79 Å². The van der Waals surface area contributed by atoms with Gasteiger partial charge in [-0.05, 0) is 53.2 Å². The highest BCUT2D eigenvalue weighted by Crippen LogP contribution is 2.29. The van der Waals surface area contributed by atoms with Crippen LogP contribution >= 0.6 is 0 Å². The summed E-state index contributed by atoms with van der Waals surface area (Å²) in [5.41, 5.74) is 4.69. The third kappa shape index (κ3) is 3.75. The summed E-state index contributed by atoms with van der Waals surface area (Å²) < 4.78 is 12.7. The first-order valence-electron chi connectivity index (χ1n) is 9.42. The van der Waals surface area contributed by atoms with E-state index in [0.717, 1.165) is 27.8 Å². The molecule has 1 heterocycles. The maximum absolute atomic E-state index is 12.8. The molecule has 0 spiro atoms. The van der Waals surface area contributed by atoms with Gasteiger partial charge in [0.2, 0.25) is 0 Å². The molecule has 0 unspecified atom stereocenters. The summed E-state index contributed by atoms with van der Waals surface area (Å²) in [6.07, 6.45) is 5.38. The lowest BCUT2D eigenvalue weighted by Crippen LogP contribution is -2.19. The van der Waals surface area contributed by atoms with Crippen LogP contribution in [0.25, 0.3) is 16.5 Å². The summed E-state index contributed by atoms with van der Waals surface area (Å²) in [5.74, 6) is 1.09. The van der Waals surface area contributed by atoms with Crippen molar-refractivity contribution in [1.82, 2.24) is 9.99 Å². The van der Waals surface area contributed by atoms with E-state index in [2.05, 4.69) is 10.5 Å². The molecule has 0 bridgehead atoms. The van der Waals surface area contributed by atoms with E-state index in [0.29, 0.717) is 11.3 Å². The van der Waals surface area contributed by atoms with Gasteiger partial charge in [-0.2, -0.15) is 5.10 Å². The maximum Gasteiger partial charge on any atom is 0.273 e. The number of amides is 1. The number of fused-ring (bicyclic) bond motifs is 1. The predicted molar refractivity (Wildman–Crippen MR) is 118 cm³/mol. The lowest BCUT2D eigenvalue weighted by atomic mass is 10.0. The van der Waals surface area contributed by atoms with Gasteiger partial charge >= 0.3 is 0 Å². The zero-order valence-electron chi connectivity index (χ0n) is 16.7. The number of hydrogen-bond donors (Lipinski definition) is 1. The van der Waals surface area contributed by atoms with Crippen molar-refractivity contribution in [3.63, 3.8) is 0 Å². The largest absolute Gasteiger partial charge is 0.497 e. The lowest BCUT2D eigenvalue weighted by molar-refractivity contribution is 0.0955. The predicted octanol–water partition coefficient (Wildman–Crippen LogP) is 4.41. The second-order valence-corrected chi connectivity index (χ2v) is 6.58. The van der Waals surface area contributed by atoms with Crippen LogP contribution in [0.5, 0.6) is 11.5 Å². The Morgan fingerprint density at radius 3 is 2.50 bits per heavy atom. The normalized spacial score (nSPS) is 11.0. The minimum Gasteiger partial charge on any atom is -0.497 e. The molecule has 3 aromatic carbocycles. The minimum atomic E-state index is -0.299. The molecule has 6 heteroatoms. The minimum absolute atomic E-state index is 0.299. The number of benzene rings is 3. The fraction of sp³-hybridized carbons (Fsp3) is 0.0833. The van der Waals surface area contributed by atoms with Gasteiger partial charge in [0.15, 0.2) is 0 Å². The van der Waals surface area contributed by atoms with E-state index in [1.54, 1.807) is 26.5 Å². The van der Waals surface area contributed by atoms with Gasteiger partial charge in [0.1, 0.15) is 11.5 Å².